The van der Waals surface area contributed by atoms with Crippen LogP contribution < -0.4 is 16.6 Å². The topological polar surface area (TPSA) is 148 Å². The number of carbonyl (C=O) groups excluding carboxylic acids is 1. The fraction of sp³-hybridized carbons (Fsp3) is 0.179. The summed E-state index contributed by atoms with van der Waals surface area (Å²) in [6.07, 6.45) is 3.11. The number of anilines is 2. The van der Waals surface area contributed by atoms with Gasteiger partial charge in [-0.25, -0.2) is 19.4 Å². The molecule has 11 heteroatoms. The third-order valence-corrected chi connectivity index (χ3v) is 6.75. The summed E-state index contributed by atoms with van der Waals surface area (Å²) in [5.74, 6) is -0.285. The standard InChI is InChI=1S/C28H27N7O4/c1-17-23(27(37)35(33(17)2)21-8-4-3-5-9-21)26(36)31-20-12-10-18(11-13-20)24-25(29)30-15-22(32-24)19-7-6-14-34(16-19)28(38)39/h3-5,7-13,15H,6,14,16H2,1-2H3,(H2,29,30)(H,31,36)(H,38,39). The number of aromatic nitrogens is 4. The van der Waals surface area contributed by atoms with Crippen molar-refractivity contribution in [1.29, 1.82) is 0 Å². The lowest BCUT2D eigenvalue weighted by molar-refractivity contribution is 0.102. The smallest absolute Gasteiger partial charge is 0.407 e. The summed E-state index contributed by atoms with van der Waals surface area (Å²) in [6.45, 7) is 2.39. The summed E-state index contributed by atoms with van der Waals surface area (Å²) >= 11 is 0. The molecule has 2 aromatic carbocycles. The van der Waals surface area contributed by atoms with Gasteiger partial charge in [0.25, 0.3) is 11.5 Å². The predicted molar refractivity (Wildman–Crippen MR) is 148 cm³/mol. The number of nitrogens with two attached hydrogens (primary N) is 1. The van der Waals surface area contributed by atoms with Crippen LogP contribution in [0.4, 0.5) is 16.3 Å². The number of rotatable bonds is 5. The van der Waals surface area contributed by atoms with Crippen molar-refractivity contribution >= 4 is 29.1 Å². The van der Waals surface area contributed by atoms with Gasteiger partial charge in [0, 0.05) is 24.8 Å². The van der Waals surface area contributed by atoms with Gasteiger partial charge < -0.3 is 21.1 Å². The number of hydrogen-bond donors (Lipinski definition) is 3. The highest BCUT2D eigenvalue weighted by molar-refractivity contribution is 6.05. The van der Waals surface area contributed by atoms with Crippen LogP contribution >= 0.6 is 0 Å². The van der Waals surface area contributed by atoms with E-state index in [-0.39, 0.29) is 17.9 Å². The first-order valence-corrected chi connectivity index (χ1v) is 12.3. The van der Waals surface area contributed by atoms with Crippen molar-refractivity contribution in [2.75, 3.05) is 24.1 Å². The largest absolute Gasteiger partial charge is 0.465 e. The predicted octanol–water partition coefficient (Wildman–Crippen LogP) is 3.54. The molecule has 0 bridgehead atoms. The molecular weight excluding hydrogens is 498 g/mol. The Morgan fingerprint density at radius 3 is 2.49 bits per heavy atom. The molecule has 0 aliphatic carbocycles. The Hall–Kier alpha value is -5.19. The molecule has 0 saturated heterocycles. The number of para-hydroxylation sites is 1. The van der Waals surface area contributed by atoms with Crippen molar-refractivity contribution in [2.45, 2.75) is 13.3 Å². The summed E-state index contributed by atoms with van der Waals surface area (Å²) in [6, 6.07) is 16.0. The minimum absolute atomic E-state index is 0.0596. The number of nitrogen functional groups attached to an aromatic ring is 1. The van der Waals surface area contributed by atoms with E-state index in [4.69, 9.17) is 5.73 Å². The average Bonchev–Trinajstić information content (AvgIpc) is 3.17. The second-order valence-electron chi connectivity index (χ2n) is 9.18. The highest BCUT2D eigenvalue weighted by Crippen LogP contribution is 2.27. The Morgan fingerprint density at radius 2 is 1.79 bits per heavy atom. The van der Waals surface area contributed by atoms with Crippen LogP contribution in [0.15, 0.2) is 71.7 Å². The number of carboxylic acid groups (broad SMARTS) is 1. The van der Waals surface area contributed by atoms with Crippen molar-refractivity contribution in [3.05, 3.63) is 94.2 Å². The lowest BCUT2D eigenvalue weighted by Gasteiger charge is -2.24. The Balaban J connectivity index is 1.38. The molecule has 198 valence electrons. The molecule has 39 heavy (non-hydrogen) atoms. The summed E-state index contributed by atoms with van der Waals surface area (Å²) in [5, 5.41) is 12.1. The van der Waals surface area contributed by atoms with Gasteiger partial charge in [0.2, 0.25) is 0 Å². The number of hydrogen-bond acceptors (Lipinski definition) is 6. The molecule has 0 saturated carbocycles. The van der Waals surface area contributed by atoms with E-state index in [1.54, 1.807) is 55.1 Å². The fourth-order valence-corrected chi connectivity index (χ4v) is 4.59. The average molecular weight is 526 g/mol. The quantitative estimate of drug-likeness (QED) is 0.361. The molecule has 0 radical (unpaired) electrons. The third kappa shape index (κ3) is 4.89. The molecule has 2 amide bonds. The van der Waals surface area contributed by atoms with Crippen molar-refractivity contribution in [1.82, 2.24) is 24.2 Å². The first kappa shape index (κ1) is 25.5. The van der Waals surface area contributed by atoms with Crippen LogP contribution in [-0.4, -0.2) is 54.4 Å². The summed E-state index contributed by atoms with van der Waals surface area (Å²) < 4.78 is 3.11. The highest BCUT2D eigenvalue weighted by Gasteiger charge is 2.23. The molecule has 2 aromatic heterocycles. The van der Waals surface area contributed by atoms with Crippen molar-refractivity contribution < 1.29 is 14.7 Å². The maximum absolute atomic E-state index is 13.2. The molecule has 4 N–H and O–H groups in total. The first-order chi connectivity index (χ1) is 18.7. The molecule has 5 rings (SSSR count). The van der Waals surface area contributed by atoms with Crippen molar-refractivity contribution in [3.63, 3.8) is 0 Å². The van der Waals surface area contributed by atoms with Crippen LogP contribution in [0.1, 0.15) is 28.2 Å². The molecule has 0 spiro atoms. The number of amides is 2. The number of carbonyl (C=O) groups is 2. The molecule has 4 aromatic rings. The monoisotopic (exact) mass is 525 g/mol. The van der Waals surface area contributed by atoms with Gasteiger partial charge in [0.15, 0.2) is 0 Å². The molecule has 0 fully saturated rings. The van der Waals surface area contributed by atoms with Gasteiger partial charge in [0.05, 0.1) is 29.8 Å². The number of nitrogens with zero attached hydrogens (tertiary/aromatic N) is 5. The van der Waals surface area contributed by atoms with Crippen molar-refractivity contribution in [2.24, 2.45) is 7.05 Å². The van der Waals surface area contributed by atoms with E-state index >= 15 is 0 Å². The van der Waals surface area contributed by atoms with Gasteiger partial charge in [-0.05, 0) is 43.2 Å². The zero-order valence-corrected chi connectivity index (χ0v) is 21.5. The number of benzene rings is 2. The fourth-order valence-electron chi connectivity index (χ4n) is 4.59. The van der Waals surface area contributed by atoms with Crippen LogP contribution in [-0.2, 0) is 7.05 Å². The molecular formula is C28H27N7O4. The van der Waals surface area contributed by atoms with Gasteiger partial charge in [-0.3, -0.25) is 14.3 Å². The van der Waals surface area contributed by atoms with Gasteiger partial charge >= 0.3 is 6.09 Å². The minimum Gasteiger partial charge on any atom is -0.465 e. The van der Waals surface area contributed by atoms with Crippen LogP contribution in [0.25, 0.3) is 22.5 Å². The zero-order chi connectivity index (χ0) is 27.7. The summed E-state index contributed by atoms with van der Waals surface area (Å²) in [7, 11) is 1.73. The van der Waals surface area contributed by atoms with E-state index in [0.717, 1.165) is 5.57 Å². The van der Waals surface area contributed by atoms with E-state index in [1.807, 2.05) is 24.3 Å². The number of nitrogens with one attached hydrogen (secondary N) is 1. The van der Waals surface area contributed by atoms with Crippen LogP contribution in [0.5, 0.6) is 0 Å². The van der Waals surface area contributed by atoms with Crippen molar-refractivity contribution in [3.8, 4) is 16.9 Å². The molecule has 1 aliphatic heterocycles. The minimum atomic E-state index is -0.980. The second-order valence-corrected chi connectivity index (χ2v) is 9.18. The molecule has 0 atom stereocenters. The van der Waals surface area contributed by atoms with Crippen LogP contribution in [0.2, 0.25) is 0 Å². The maximum Gasteiger partial charge on any atom is 0.407 e. The van der Waals surface area contributed by atoms with E-state index < -0.39 is 17.6 Å². The Labute approximate surface area is 223 Å². The van der Waals surface area contributed by atoms with Gasteiger partial charge in [-0.15, -0.1) is 0 Å². The zero-order valence-electron chi connectivity index (χ0n) is 21.5. The van der Waals surface area contributed by atoms with E-state index in [1.165, 1.54) is 15.8 Å². The highest BCUT2D eigenvalue weighted by atomic mass is 16.4. The van der Waals surface area contributed by atoms with E-state index in [0.29, 0.717) is 47.0 Å². The van der Waals surface area contributed by atoms with Gasteiger partial charge in [-0.2, -0.15) is 0 Å². The third-order valence-electron chi connectivity index (χ3n) is 6.75. The summed E-state index contributed by atoms with van der Waals surface area (Å²) in [5.41, 5.74) is 9.90. The maximum atomic E-state index is 13.2. The Morgan fingerprint density at radius 1 is 1.08 bits per heavy atom. The van der Waals surface area contributed by atoms with Gasteiger partial charge in [-0.1, -0.05) is 36.4 Å². The molecule has 0 unspecified atom stereocenters. The van der Waals surface area contributed by atoms with E-state index in [9.17, 15) is 19.5 Å². The normalized spacial score (nSPS) is 13.2. The van der Waals surface area contributed by atoms with Crippen LogP contribution in [0.3, 0.4) is 0 Å². The van der Waals surface area contributed by atoms with Gasteiger partial charge in [0.1, 0.15) is 17.1 Å². The Bertz CT molecular complexity index is 1650. The Kier molecular flexibility index (Phi) is 6.72. The molecule has 3 heterocycles. The molecule has 1 aliphatic rings. The van der Waals surface area contributed by atoms with E-state index in [2.05, 4.69) is 15.3 Å². The SMILES string of the molecule is Cc1c(C(=O)Nc2ccc(-c3nc(C4=CCCN(C(=O)O)C4)cnc3N)cc2)c(=O)n(-c2ccccc2)n1C. The summed E-state index contributed by atoms with van der Waals surface area (Å²) in [4.78, 5) is 47.9. The lowest BCUT2D eigenvalue weighted by Crippen LogP contribution is -2.34. The first-order valence-electron chi connectivity index (χ1n) is 12.3. The molecule has 11 nitrogen and oxygen atoms in total. The lowest BCUT2D eigenvalue weighted by atomic mass is 10.1. The second kappa shape index (κ2) is 10.3. The van der Waals surface area contributed by atoms with Crippen LogP contribution in [0, 0.1) is 6.92 Å².